The van der Waals surface area contributed by atoms with Gasteiger partial charge in [0.2, 0.25) is 0 Å². The van der Waals surface area contributed by atoms with Gasteiger partial charge in [-0.3, -0.25) is 9.74 Å². The van der Waals surface area contributed by atoms with Crippen molar-refractivity contribution in [2.75, 3.05) is 23.3 Å². The number of anilines is 2. The zero-order valence-electron chi connectivity index (χ0n) is 21.4. The lowest BCUT2D eigenvalue weighted by Crippen LogP contribution is -2.61. The monoisotopic (exact) mass is 530 g/mol. The van der Waals surface area contributed by atoms with Gasteiger partial charge in [0.05, 0.1) is 16.8 Å². The van der Waals surface area contributed by atoms with Gasteiger partial charge in [-0.1, -0.05) is 20.4 Å². The van der Waals surface area contributed by atoms with Gasteiger partial charge >= 0.3 is 0 Å². The van der Waals surface area contributed by atoms with Crippen LogP contribution < -0.4 is 15.5 Å². The normalized spacial score (nSPS) is 18.1. The predicted octanol–water partition coefficient (Wildman–Crippen LogP) is 5.64. The SMILES string of the molecule is C=C(OF)C(C)(C)F.CC.N#Cc1cscc1NC(=O)c1ccc2ccc(N3CC4CCC3CN4)nn12. The molecule has 6 rings (SSSR count). The molecule has 6 heterocycles. The van der Waals surface area contributed by atoms with E-state index in [2.05, 4.69) is 33.1 Å². The molecule has 8 nitrogen and oxygen atoms in total. The third-order valence-electron chi connectivity index (χ3n) is 6.15. The van der Waals surface area contributed by atoms with Crippen molar-refractivity contribution in [3.63, 3.8) is 0 Å². The third-order valence-corrected chi connectivity index (χ3v) is 6.90. The first-order chi connectivity index (χ1) is 17.7. The number of amides is 1. The fourth-order valence-electron chi connectivity index (χ4n) is 4.05. The summed E-state index contributed by atoms with van der Waals surface area (Å²) in [4.78, 5) is 18.2. The lowest BCUT2D eigenvalue weighted by atomic mass is 9.93. The Morgan fingerprint density at radius 3 is 2.57 bits per heavy atom. The number of carbonyl (C=O) groups is 1. The van der Waals surface area contributed by atoms with Crippen LogP contribution in [0.5, 0.6) is 0 Å². The highest BCUT2D eigenvalue weighted by Gasteiger charge is 2.34. The molecule has 0 saturated carbocycles. The second kappa shape index (κ2) is 12.2. The molecule has 0 aliphatic carbocycles. The van der Waals surface area contributed by atoms with Crippen molar-refractivity contribution >= 4 is 34.3 Å². The molecule has 37 heavy (non-hydrogen) atoms. The molecular formula is C26H32F2N6O2S. The van der Waals surface area contributed by atoms with E-state index in [9.17, 15) is 13.7 Å². The van der Waals surface area contributed by atoms with Crippen molar-refractivity contribution in [1.82, 2.24) is 14.9 Å². The van der Waals surface area contributed by atoms with Crippen LogP contribution in [0, 0.1) is 11.3 Å². The molecule has 0 spiro atoms. The summed E-state index contributed by atoms with van der Waals surface area (Å²) in [6.07, 6.45) is 2.38. The van der Waals surface area contributed by atoms with E-state index in [0.717, 1.165) is 38.3 Å². The predicted molar refractivity (Wildman–Crippen MR) is 142 cm³/mol. The maximum Gasteiger partial charge on any atom is 0.274 e. The Balaban J connectivity index is 0.000000329. The molecular weight excluding hydrogens is 498 g/mol. The molecule has 0 radical (unpaired) electrons. The molecule has 2 N–H and O–H groups in total. The molecule has 2 atom stereocenters. The van der Waals surface area contributed by atoms with Crippen LogP contribution in [0.25, 0.3) is 5.52 Å². The molecule has 0 aromatic carbocycles. The smallest absolute Gasteiger partial charge is 0.274 e. The van der Waals surface area contributed by atoms with Crippen LogP contribution in [0.1, 0.15) is 56.6 Å². The Kier molecular flexibility index (Phi) is 9.23. The van der Waals surface area contributed by atoms with Gasteiger partial charge in [0.15, 0.2) is 11.4 Å². The summed E-state index contributed by atoms with van der Waals surface area (Å²) in [5, 5.41) is 23.8. The number of nitrogens with zero attached hydrogens (tertiary/aromatic N) is 4. The Hall–Kier alpha value is -3.49. The molecule has 2 bridgehead atoms. The lowest BCUT2D eigenvalue weighted by Gasteiger charge is -2.46. The zero-order chi connectivity index (χ0) is 27.2. The number of aromatic nitrogens is 2. The van der Waals surface area contributed by atoms with E-state index in [1.54, 1.807) is 21.3 Å². The molecule has 11 heteroatoms. The van der Waals surface area contributed by atoms with E-state index in [1.807, 2.05) is 32.0 Å². The summed E-state index contributed by atoms with van der Waals surface area (Å²) in [5.74, 6) is 0.131. The first-order valence-electron chi connectivity index (χ1n) is 12.1. The number of carbonyl (C=O) groups excluding carboxylic acids is 1. The van der Waals surface area contributed by atoms with Crippen LogP contribution in [0.2, 0.25) is 0 Å². The second-order valence-corrected chi connectivity index (χ2v) is 9.72. The van der Waals surface area contributed by atoms with Crippen molar-refractivity contribution in [2.24, 2.45) is 0 Å². The average Bonchev–Trinajstić information content (AvgIpc) is 3.56. The molecule has 3 aromatic heterocycles. The summed E-state index contributed by atoms with van der Waals surface area (Å²) in [6.45, 7) is 11.2. The number of thiophene rings is 1. The van der Waals surface area contributed by atoms with Crippen molar-refractivity contribution < 1.29 is 18.7 Å². The number of hydrogen-bond acceptors (Lipinski definition) is 7. The highest BCUT2D eigenvalue weighted by molar-refractivity contribution is 7.08. The van der Waals surface area contributed by atoms with Gasteiger partial charge in [0, 0.05) is 40.5 Å². The Morgan fingerprint density at radius 2 is 2.03 bits per heavy atom. The standard InChI is InChI=1S/C19H18N6OS.C5H8F2O.C2H6/c20-7-12-10-27-11-16(12)22-19(26)17-5-3-14-4-6-18(23-25(14)17)24-9-13-1-2-15(24)8-21-13;1-4(8-7)5(2,3)6;1-2/h3-6,10-11,13,15,21H,1-2,8-9H2,(H,22,26);1H2,2-3H3;1-2H3. The minimum absolute atomic E-state index is 0.267. The van der Waals surface area contributed by atoms with E-state index in [1.165, 1.54) is 24.2 Å². The van der Waals surface area contributed by atoms with E-state index >= 15 is 0 Å². The number of alkyl halides is 1. The number of hydrogen-bond donors (Lipinski definition) is 2. The Morgan fingerprint density at radius 1 is 1.30 bits per heavy atom. The van der Waals surface area contributed by atoms with Crippen molar-refractivity contribution in [1.29, 1.82) is 5.26 Å². The first kappa shape index (κ1) is 28.1. The second-order valence-electron chi connectivity index (χ2n) is 8.97. The van der Waals surface area contributed by atoms with Crippen molar-refractivity contribution in [2.45, 2.75) is 58.3 Å². The number of fused-ring (bicyclic) bond motifs is 4. The fourth-order valence-corrected chi connectivity index (χ4v) is 4.76. The summed E-state index contributed by atoms with van der Waals surface area (Å²) < 4.78 is 25.1. The fraction of sp³-hybridized carbons (Fsp3) is 0.423. The molecule has 3 saturated heterocycles. The van der Waals surface area contributed by atoms with Gasteiger partial charge in [-0.05, 0) is 51.0 Å². The summed E-state index contributed by atoms with van der Waals surface area (Å²) in [6, 6.07) is 10.7. The van der Waals surface area contributed by atoms with E-state index in [0.29, 0.717) is 29.0 Å². The highest BCUT2D eigenvalue weighted by Crippen LogP contribution is 2.28. The minimum Gasteiger partial charge on any atom is -0.349 e. The van der Waals surface area contributed by atoms with Gasteiger partial charge in [0.1, 0.15) is 17.6 Å². The number of rotatable bonds is 5. The lowest BCUT2D eigenvalue weighted by molar-refractivity contribution is -0.109. The van der Waals surface area contributed by atoms with Crippen LogP contribution in [0.4, 0.5) is 20.4 Å². The molecule has 3 fully saturated rings. The summed E-state index contributed by atoms with van der Waals surface area (Å²) >= 11 is 1.39. The van der Waals surface area contributed by atoms with Crippen LogP contribution in [0.3, 0.4) is 0 Å². The molecule has 2 unspecified atom stereocenters. The topological polar surface area (TPSA) is 94.7 Å². The quantitative estimate of drug-likeness (QED) is 0.415. The number of piperidine rings is 2. The number of allylic oxidation sites excluding steroid dienone is 1. The summed E-state index contributed by atoms with van der Waals surface area (Å²) in [5.41, 5.74) is 0.560. The van der Waals surface area contributed by atoms with Gasteiger partial charge in [-0.2, -0.15) is 5.26 Å². The minimum atomic E-state index is -1.78. The first-order valence-corrected chi connectivity index (χ1v) is 13.1. The van der Waals surface area contributed by atoms with Gasteiger partial charge in [-0.25, -0.2) is 8.91 Å². The van der Waals surface area contributed by atoms with Gasteiger partial charge in [0.25, 0.3) is 5.91 Å². The van der Waals surface area contributed by atoms with Crippen LogP contribution in [0.15, 0.2) is 47.4 Å². The van der Waals surface area contributed by atoms with Crippen LogP contribution in [-0.4, -0.2) is 46.4 Å². The number of piperazine rings is 1. The number of halogens is 2. The molecule has 3 aromatic rings. The maximum atomic E-state index is 12.8. The van der Waals surface area contributed by atoms with Crippen molar-refractivity contribution in [3.05, 3.63) is 58.6 Å². The third kappa shape index (κ3) is 6.45. The Bertz CT molecular complexity index is 1270. The highest BCUT2D eigenvalue weighted by atomic mass is 32.1. The molecule has 198 valence electrons. The van der Waals surface area contributed by atoms with E-state index in [-0.39, 0.29) is 5.91 Å². The molecule has 3 aliphatic heterocycles. The maximum absolute atomic E-state index is 12.8. The average molecular weight is 531 g/mol. The number of nitriles is 1. The molecule has 1 amide bonds. The summed E-state index contributed by atoms with van der Waals surface area (Å²) in [7, 11) is 0. The zero-order valence-corrected chi connectivity index (χ0v) is 22.2. The van der Waals surface area contributed by atoms with Gasteiger partial charge in [-0.15, -0.1) is 16.4 Å². The number of nitrogens with one attached hydrogen (secondary N) is 2. The largest absolute Gasteiger partial charge is 0.349 e. The van der Waals surface area contributed by atoms with Crippen molar-refractivity contribution in [3.8, 4) is 6.07 Å². The molecule has 3 aliphatic rings. The van der Waals surface area contributed by atoms with E-state index < -0.39 is 11.4 Å². The van der Waals surface area contributed by atoms with Gasteiger partial charge < -0.3 is 15.5 Å². The Labute approximate surface area is 219 Å². The van der Waals surface area contributed by atoms with Crippen LogP contribution >= 0.6 is 11.3 Å². The van der Waals surface area contributed by atoms with Crippen LogP contribution in [-0.2, 0) is 4.94 Å². The van der Waals surface area contributed by atoms with E-state index in [4.69, 9.17) is 10.4 Å².